The molecule has 2 heterocycles. The quantitative estimate of drug-likeness (QED) is 0.873. The van der Waals surface area contributed by atoms with Gasteiger partial charge >= 0.3 is 0 Å². The van der Waals surface area contributed by atoms with E-state index in [0.717, 1.165) is 0 Å². The van der Waals surface area contributed by atoms with Gasteiger partial charge < -0.3 is 9.84 Å². The van der Waals surface area contributed by atoms with E-state index in [2.05, 4.69) is 34.5 Å². The molecule has 0 bridgehead atoms. The molecule has 1 aliphatic carbocycles. The molecule has 0 saturated heterocycles. The molecule has 6 heteroatoms. The normalized spacial score (nSPS) is 16.6. The first-order valence-corrected chi connectivity index (χ1v) is 9.09. The fraction of sp³-hybridized carbons (Fsp3) is 0.588. The van der Waals surface area contributed by atoms with Gasteiger partial charge in [-0.2, -0.15) is 4.98 Å². The summed E-state index contributed by atoms with van der Waals surface area (Å²) in [7, 11) is 0. The van der Waals surface area contributed by atoms with Crippen LogP contribution in [-0.4, -0.2) is 16.0 Å². The number of carbonyl (C=O) groups is 1. The molecule has 0 aromatic carbocycles. The van der Waals surface area contributed by atoms with E-state index in [9.17, 15) is 4.79 Å². The van der Waals surface area contributed by atoms with Gasteiger partial charge in [0.15, 0.2) is 5.82 Å². The number of thiophene rings is 1. The lowest BCUT2D eigenvalue weighted by Crippen LogP contribution is -2.28. The maximum absolute atomic E-state index is 12.1. The van der Waals surface area contributed by atoms with Gasteiger partial charge in [0.25, 0.3) is 0 Å². The molecule has 2 aromatic rings. The molecule has 3 rings (SSSR count). The number of amides is 1. The Morgan fingerprint density at radius 1 is 1.43 bits per heavy atom. The van der Waals surface area contributed by atoms with Crippen molar-refractivity contribution in [2.75, 3.05) is 0 Å². The van der Waals surface area contributed by atoms with Crippen LogP contribution in [-0.2, 0) is 11.2 Å². The van der Waals surface area contributed by atoms with Crippen LogP contribution in [0.4, 0.5) is 0 Å². The van der Waals surface area contributed by atoms with Crippen LogP contribution in [0, 0.1) is 12.8 Å². The molecule has 1 atom stereocenters. The first-order valence-electron chi connectivity index (χ1n) is 8.27. The fourth-order valence-corrected chi connectivity index (χ4v) is 3.98. The predicted octanol–water partition coefficient (Wildman–Crippen LogP) is 3.79. The van der Waals surface area contributed by atoms with Crippen molar-refractivity contribution in [2.45, 2.75) is 58.4 Å². The lowest BCUT2D eigenvalue weighted by Gasteiger charge is -2.12. The fourth-order valence-electron chi connectivity index (χ4n) is 3.09. The van der Waals surface area contributed by atoms with Gasteiger partial charge in [-0.3, -0.25) is 4.79 Å². The third-order valence-corrected chi connectivity index (χ3v) is 5.31. The predicted molar refractivity (Wildman–Crippen MR) is 89.3 cm³/mol. The van der Waals surface area contributed by atoms with Gasteiger partial charge in [0.1, 0.15) is 6.04 Å². The van der Waals surface area contributed by atoms with E-state index in [-0.39, 0.29) is 11.9 Å². The molecule has 1 saturated carbocycles. The lowest BCUT2D eigenvalue weighted by atomic mass is 10.0. The van der Waals surface area contributed by atoms with Crippen LogP contribution in [0.2, 0.25) is 0 Å². The van der Waals surface area contributed by atoms with Crippen molar-refractivity contribution in [2.24, 2.45) is 5.92 Å². The molecule has 1 unspecified atom stereocenters. The molecule has 0 spiro atoms. The molecule has 1 aliphatic rings. The van der Waals surface area contributed by atoms with Crippen LogP contribution in [0.25, 0.3) is 0 Å². The van der Waals surface area contributed by atoms with Gasteiger partial charge in [0.2, 0.25) is 11.8 Å². The molecule has 0 radical (unpaired) electrons. The van der Waals surface area contributed by atoms with E-state index in [0.29, 0.717) is 30.5 Å². The Kier molecular flexibility index (Phi) is 5.10. The average molecular weight is 333 g/mol. The zero-order valence-corrected chi connectivity index (χ0v) is 14.5. The van der Waals surface area contributed by atoms with Gasteiger partial charge in [0, 0.05) is 22.6 Å². The first-order chi connectivity index (χ1) is 11.1. The van der Waals surface area contributed by atoms with Crippen molar-refractivity contribution < 1.29 is 9.32 Å². The standard InChI is InChI=1S/C17H23N3O2S/c1-11-7-8-14(23-11)10-15-19-17(22-20-15)12(2)18-16(21)9-13-5-3-4-6-13/h7-8,12-13H,3-6,9-10H2,1-2H3,(H,18,21). The van der Waals surface area contributed by atoms with E-state index >= 15 is 0 Å². The number of carbonyl (C=O) groups excluding carboxylic acids is 1. The molecule has 124 valence electrons. The maximum Gasteiger partial charge on any atom is 0.248 e. The third-order valence-electron chi connectivity index (χ3n) is 4.31. The van der Waals surface area contributed by atoms with Crippen molar-refractivity contribution in [3.63, 3.8) is 0 Å². The number of hydrogen-bond acceptors (Lipinski definition) is 5. The second kappa shape index (κ2) is 7.25. The summed E-state index contributed by atoms with van der Waals surface area (Å²) in [5, 5.41) is 6.99. The van der Waals surface area contributed by atoms with Gasteiger partial charge in [-0.1, -0.05) is 18.0 Å². The molecule has 0 aliphatic heterocycles. The molecule has 1 fully saturated rings. The van der Waals surface area contributed by atoms with Crippen molar-refractivity contribution >= 4 is 17.2 Å². The van der Waals surface area contributed by atoms with Crippen LogP contribution in [0.3, 0.4) is 0 Å². The van der Waals surface area contributed by atoms with Crippen molar-refractivity contribution in [3.8, 4) is 0 Å². The van der Waals surface area contributed by atoms with Crippen LogP contribution >= 0.6 is 11.3 Å². The number of nitrogens with one attached hydrogen (secondary N) is 1. The van der Waals surface area contributed by atoms with E-state index < -0.39 is 0 Å². The second-order valence-electron chi connectivity index (χ2n) is 6.38. The Morgan fingerprint density at radius 2 is 2.22 bits per heavy atom. The van der Waals surface area contributed by atoms with E-state index in [1.165, 1.54) is 35.4 Å². The summed E-state index contributed by atoms with van der Waals surface area (Å²) in [5.41, 5.74) is 0. The van der Waals surface area contributed by atoms with Crippen LogP contribution in [0.5, 0.6) is 0 Å². The number of rotatable bonds is 6. The van der Waals surface area contributed by atoms with E-state index in [1.807, 2.05) is 6.92 Å². The minimum atomic E-state index is -0.241. The highest BCUT2D eigenvalue weighted by Gasteiger charge is 2.21. The number of aryl methyl sites for hydroxylation is 1. The largest absolute Gasteiger partial charge is 0.345 e. The monoisotopic (exact) mass is 333 g/mol. The second-order valence-corrected chi connectivity index (χ2v) is 7.75. The Morgan fingerprint density at radius 3 is 2.91 bits per heavy atom. The van der Waals surface area contributed by atoms with Crippen molar-refractivity contribution in [1.29, 1.82) is 0 Å². The van der Waals surface area contributed by atoms with Crippen LogP contribution in [0.15, 0.2) is 16.7 Å². The van der Waals surface area contributed by atoms with E-state index in [4.69, 9.17) is 4.52 Å². The highest BCUT2D eigenvalue weighted by molar-refractivity contribution is 7.11. The molecule has 1 amide bonds. The minimum absolute atomic E-state index is 0.0815. The molecular weight excluding hydrogens is 310 g/mol. The minimum Gasteiger partial charge on any atom is -0.345 e. The number of hydrogen-bond donors (Lipinski definition) is 1. The number of aromatic nitrogens is 2. The van der Waals surface area contributed by atoms with Crippen LogP contribution < -0.4 is 5.32 Å². The summed E-state index contributed by atoms with van der Waals surface area (Å²) in [4.78, 5) is 19.0. The summed E-state index contributed by atoms with van der Waals surface area (Å²) < 4.78 is 5.31. The Bertz CT molecular complexity index is 658. The zero-order chi connectivity index (χ0) is 16.2. The summed E-state index contributed by atoms with van der Waals surface area (Å²) in [6.07, 6.45) is 6.13. The molecule has 5 nitrogen and oxygen atoms in total. The van der Waals surface area contributed by atoms with Gasteiger partial charge in [-0.25, -0.2) is 0 Å². The third kappa shape index (κ3) is 4.41. The average Bonchev–Trinajstić information content (AvgIpc) is 3.22. The topological polar surface area (TPSA) is 68.0 Å². The maximum atomic E-state index is 12.1. The lowest BCUT2D eigenvalue weighted by molar-refractivity contribution is -0.122. The molecule has 2 aromatic heterocycles. The van der Waals surface area contributed by atoms with Gasteiger partial charge in [0.05, 0.1) is 0 Å². The first kappa shape index (κ1) is 16.2. The molecule has 23 heavy (non-hydrogen) atoms. The Balaban J connectivity index is 1.53. The van der Waals surface area contributed by atoms with Crippen LogP contribution in [0.1, 0.15) is 66.5 Å². The van der Waals surface area contributed by atoms with E-state index in [1.54, 1.807) is 11.3 Å². The van der Waals surface area contributed by atoms with Crippen molar-refractivity contribution in [3.05, 3.63) is 33.6 Å². The summed E-state index contributed by atoms with van der Waals surface area (Å²) in [6.45, 7) is 3.97. The Labute approximate surface area is 140 Å². The summed E-state index contributed by atoms with van der Waals surface area (Å²) in [6, 6.07) is 3.94. The SMILES string of the molecule is Cc1ccc(Cc2noc(C(C)NC(=O)CC3CCCC3)n2)s1. The van der Waals surface area contributed by atoms with Gasteiger partial charge in [-0.15, -0.1) is 11.3 Å². The molecular formula is C17H23N3O2S. The summed E-state index contributed by atoms with van der Waals surface area (Å²) >= 11 is 1.74. The van der Waals surface area contributed by atoms with Gasteiger partial charge in [-0.05, 0) is 44.7 Å². The Hall–Kier alpha value is -1.69. The number of nitrogens with zero attached hydrogens (tertiary/aromatic N) is 2. The molecule has 1 N–H and O–H groups in total. The zero-order valence-electron chi connectivity index (χ0n) is 13.7. The summed E-state index contributed by atoms with van der Waals surface area (Å²) in [5.74, 6) is 1.77. The highest BCUT2D eigenvalue weighted by atomic mass is 32.1. The smallest absolute Gasteiger partial charge is 0.248 e. The highest BCUT2D eigenvalue weighted by Crippen LogP contribution is 2.27. The van der Waals surface area contributed by atoms with Crippen molar-refractivity contribution in [1.82, 2.24) is 15.5 Å².